The van der Waals surface area contributed by atoms with Gasteiger partial charge in [-0.2, -0.15) is 0 Å². The van der Waals surface area contributed by atoms with E-state index in [0.29, 0.717) is 12.0 Å². The molecule has 1 heterocycles. The molecule has 0 saturated heterocycles. The Labute approximate surface area is 118 Å². The number of benzene rings is 1. The summed E-state index contributed by atoms with van der Waals surface area (Å²) >= 11 is 17.5. The van der Waals surface area contributed by atoms with Crippen LogP contribution in [0.1, 0.15) is 21.7 Å². The van der Waals surface area contributed by atoms with E-state index in [9.17, 15) is 4.79 Å². The number of aromatic nitrogens is 3. The Bertz CT molecular complexity index is 572. The summed E-state index contributed by atoms with van der Waals surface area (Å²) in [7, 11) is 0. The van der Waals surface area contributed by atoms with Crippen molar-refractivity contribution in [2.45, 2.75) is 10.7 Å². The molecule has 1 aromatic carbocycles. The van der Waals surface area contributed by atoms with E-state index in [2.05, 4.69) is 10.3 Å². The smallest absolute Gasteiger partial charge is 0.235 e. The Morgan fingerprint density at radius 1 is 1.22 bits per heavy atom. The Balaban J connectivity index is 2.61. The second-order valence-corrected chi connectivity index (χ2v) is 5.97. The van der Waals surface area contributed by atoms with Gasteiger partial charge in [-0.25, -0.2) is 4.68 Å². The molecular weight excluding hydrogens is 297 g/mol. The molecule has 94 valence electrons. The van der Waals surface area contributed by atoms with Crippen molar-refractivity contribution in [1.82, 2.24) is 15.0 Å². The molecular formula is C11H8Cl3N3O. The number of carbonyl (C=O) groups excluding carboxylic acids is 1. The molecule has 0 unspecified atom stereocenters. The third kappa shape index (κ3) is 2.51. The lowest BCUT2D eigenvalue weighted by molar-refractivity contribution is 0.111. The molecule has 2 aromatic rings. The van der Waals surface area contributed by atoms with E-state index in [0.717, 1.165) is 5.56 Å². The van der Waals surface area contributed by atoms with Gasteiger partial charge in [0.25, 0.3) is 0 Å². The van der Waals surface area contributed by atoms with Crippen LogP contribution in [0.25, 0.3) is 5.69 Å². The van der Waals surface area contributed by atoms with Crippen LogP contribution in [-0.4, -0.2) is 21.3 Å². The molecule has 0 amide bonds. The summed E-state index contributed by atoms with van der Waals surface area (Å²) in [6, 6.07) is 7.39. The molecule has 0 spiro atoms. The van der Waals surface area contributed by atoms with E-state index >= 15 is 0 Å². The number of carbonyl (C=O) groups is 1. The van der Waals surface area contributed by atoms with Crippen LogP contribution >= 0.6 is 34.8 Å². The summed E-state index contributed by atoms with van der Waals surface area (Å²) in [5.41, 5.74) is 1.90. The van der Waals surface area contributed by atoms with Crippen molar-refractivity contribution in [3.05, 3.63) is 41.2 Å². The van der Waals surface area contributed by atoms with Crippen molar-refractivity contribution in [2.24, 2.45) is 0 Å². The van der Waals surface area contributed by atoms with E-state index in [1.54, 1.807) is 12.1 Å². The zero-order valence-corrected chi connectivity index (χ0v) is 11.5. The SMILES string of the molecule is Cc1ccc(-n2nnc(C=O)c2C(Cl)(Cl)Cl)cc1. The van der Waals surface area contributed by atoms with E-state index in [-0.39, 0.29) is 11.4 Å². The van der Waals surface area contributed by atoms with Crippen LogP contribution in [0, 0.1) is 6.92 Å². The summed E-state index contributed by atoms with van der Waals surface area (Å²) in [6.07, 6.45) is 0.509. The lowest BCUT2D eigenvalue weighted by Gasteiger charge is -2.13. The van der Waals surface area contributed by atoms with Gasteiger partial charge in [0.05, 0.1) is 5.69 Å². The average molecular weight is 305 g/mol. The molecule has 0 aliphatic heterocycles. The quantitative estimate of drug-likeness (QED) is 0.632. The molecule has 0 aliphatic rings. The second-order valence-electron chi connectivity index (χ2n) is 3.69. The molecule has 0 atom stereocenters. The number of alkyl halides is 3. The summed E-state index contributed by atoms with van der Waals surface area (Å²) in [5, 5.41) is 7.53. The Morgan fingerprint density at radius 2 is 1.83 bits per heavy atom. The number of aldehydes is 1. The minimum absolute atomic E-state index is 0.00979. The van der Waals surface area contributed by atoms with Gasteiger partial charge in [-0.1, -0.05) is 57.7 Å². The van der Waals surface area contributed by atoms with E-state index < -0.39 is 3.79 Å². The predicted molar refractivity (Wildman–Crippen MR) is 70.7 cm³/mol. The highest BCUT2D eigenvalue weighted by molar-refractivity contribution is 6.66. The van der Waals surface area contributed by atoms with E-state index in [4.69, 9.17) is 34.8 Å². The van der Waals surface area contributed by atoms with Crippen molar-refractivity contribution in [3.8, 4) is 5.69 Å². The van der Waals surface area contributed by atoms with Gasteiger partial charge in [-0.15, -0.1) is 5.10 Å². The molecule has 18 heavy (non-hydrogen) atoms. The van der Waals surface area contributed by atoms with Gasteiger partial charge in [-0.3, -0.25) is 4.79 Å². The Kier molecular flexibility index (Phi) is 3.61. The molecule has 0 fully saturated rings. The Hall–Kier alpha value is -1.10. The molecule has 0 saturated carbocycles. The highest BCUT2D eigenvalue weighted by atomic mass is 35.6. The van der Waals surface area contributed by atoms with Crippen LogP contribution in [-0.2, 0) is 3.79 Å². The van der Waals surface area contributed by atoms with Gasteiger partial charge in [-0.05, 0) is 19.1 Å². The van der Waals surface area contributed by atoms with Crippen LogP contribution in [0.15, 0.2) is 24.3 Å². The molecule has 7 heteroatoms. The predicted octanol–water partition coefficient (Wildman–Crippen LogP) is 3.21. The largest absolute Gasteiger partial charge is 0.296 e. The molecule has 4 nitrogen and oxygen atoms in total. The van der Waals surface area contributed by atoms with Gasteiger partial charge in [0.15, 0.2) is 12.0 Å². The minimum Gasteiger partial charge on any atom is -0.296 e. The van der Waals surface area contributed by atoms with Crippen LogP contribution in [0.2, 0.25) is 0 Å². The maximum atomic E-state index is 10.9. The first-order chi connectivity index (χ1) is 8.43. The number of rotatable bonds is 2. The first kappa shape index (κ1) is 13.3. The van der Waals surface area contributed by atoms with Crippen molar-refractivity contribution < 1.29 is 4.79 Å². The number of hydrogen-bond acceptors (Lipinski definition) is 3. The third-order valence-electron chi connectivity index (χ3n) is 2.36. The normalized spacial score (nSPS) is 11.6. The van der Waals surface area contributed by atoms with E-state index in [1.807, 2.05) is 19.1 Å². The Morgan fingerprint density at radius 3 is 2.33 bits per heavy atom. The van der Waals surface area contributed by atoms with Gasteiger partial charge in [0.2, 0.25) is 3.79 Å². The van der Waals surface area contributed by atoms with Crippen molar-refractivity contribution in [3.63, 3.8) is 0 Å². The summed E-state index contributed by atoms with van der Waals surface area (Å²) in [5.74, 6) is 0. The topological polar surface area (TPSA) is 47.8 Å². The molecule has 0 aliphatic carbocycles. The zero-order valence-electron chi connectivity index (χ0n) is 9.27. The van der Waals surface area contributed by atoms with E-state index in [1.165, 1.54) is 4.68 Å². The molecule has 0 radical (unpaired) electrons. The maximum absolute atomic E-state index is 10.9. The monoisotopic (exact) mass is 303 g/mol. The standard InChI is InChI=1S/C11H8Cl3N3O/c1-7-2-4-8(5-3-7)17-10(11(12,13)14)9(6-18)15-16-17/h2-6H,1H3. The van der Waals surface area contributed by atoms with Gasteiger partial charge < -0.3 is 0 Å². The maximum Gasteiger partial charge on any atom is 0.235 e. The fraction of sp³-hybridized carbons (Fsp3) is 0.182. The first-order valence-electron chi connectivity index (χ1n) is 4.98. The van der Waals surface area contributed by atoms with Crippen molar-refractivity contribution in [1.29, 1.82) is 0 Å². The summed E-state index contributed by atoms with van der Waals surface area (Å²) in [4.78, 5) is 10.9. The lowest BCUT2D eigenvalue weighted by atomic mass is 10.2. The second kappa shape index (κ2) is 4.88. The van der Waals surface area contributed by atoms with Crippen molar-refractivity contribution >= 4 is 41.1 Å². The van der Waals surface area contributed by atoms with Gasteiger partial charge in [0, 0.05) is 0 Å². The van der Waals surface area contributed by atoms with Crippen molar-refractivity contribution in [2.75, 3.05) is 0 Å². The highest BCUT2D eigenvalue weighted by Crippen LogP contribution is 2.39. The molecule has 0 bridgehead atoms. The number of hydrogen-bond donors (Lipinski definition) is 0. The fourth-order valence-electron chi connectivity index (χ4n) is 1.50. The molecule has 1 aromatic heterocycles. The first-order valence-corrected chi connectivity index (χ1v) is 6.12. The van der Waals surface area contributed by atoms with Crippen LogP contribution in [0.5, 0.6) is 0 Å². The number of aryl methyl sites for hydroxylation is 1. The van der Waals surface area contributed by atoms with Gasteiger partial charge in [0.1, 0.15) is 5.69 Å². The fourth-order valence-corrected chi connectivity index (χ4v) is 2.04. The third-order valence-corrected chi connectivity index (χ3v) is 2.89. The van der Waals surface area contributed by atoms with Crippen LogP contribution in [0.3, 0.4) is 0 Å². The highest BCUT2D eigenvalue weighted by Gasteiger charge is 2.33. The summed E-state index contributed by atoms with van der Waals surface area (Å²) in [6.45, 7) is 1.96. The zero-order chi connectivity index (χ0) is 13.3. The van der Waals surface area contributed by atoms with Gasteiger partial charge >= 0.3 is 0 Å². The number of nitrogens with zero attached hydrogens (tertiary/aromatic N) is 3. The lowest BCUT2D eigenvalue weighted by Crippen LogP contribution is -2.12. The van der Waals surface area contributed by atoms with Crippen LogP contribution in [0.4, 0.5) is 0 Å². The number of halogens is 3. The summed E-state index contributed by atoms with van der Waals surface area (Å²) < 4.78 is -0.430. The average Bonchev–Trinajstić information content (AvgIpc) is 2.73. The minimum atomic E-state index is -1.77. The molecule has 0 N–H and O–H groups in total. The van der Waals surface area contributed by atoms with Crippen LogP contribution < -0.4 is 0 Å². The molecule has 2 rings (SSSR count).